The number of nitrogens with one attached hydrogen (secondary N) is 1. The van der Waals surface area contributed by atoms with E-state index in [1.54, 1.807) is 24.3 Å². The summed E-state index contributed by atoms with van der Waals surface area (Å²) in [5.74, 6) is -2.34. The number of hydrogen-bond acceptors (Lipinski definition) is 4. The summed E-state index contributed by atoms with van der Waals surface area (Å²) in [4.78, 5) is 12.5. The van der Waals surface area contributed by atoms with E-state index in [9.17, 15) is 22.0 Å². The molecule has 0 unspecified atom stereocenters. The summed E-state index contributed by atoms with van der Waals surface area (Å²) in [6, 6.07) is 8.51. The Morgan fingerprint density at radius 3 is 2.44 bits per heavy atom. The van der Waals surface area contributed by atoms with Crippen LogP contribution in [0.1, 0.15) is 12.5 Å². The number of benzene rings is 2. The lowest BCUT2D eigenvalue weighted by Gasteiger charge is -2.28. The van der Waals surface area contributed by atoms with E-state index < -0.39 is 33.6 Å². The zero-order valence-electron chi connectivity index (χ0n) is 15.1. The van der Waals surface area contributed by atoms with Crippen LogP contribution in [0.3, 0.4) is 0 Å². The molecule has 0 spiro atoms. The fourth-order valence-corrected chi connectivity index (χ4v) is 3.78. The van der Waals surface area contributed by atoms with Gasteiger partial charge in [-0.1, -0.05) is 18.2 Å². The van der Waals surface area contributed by atoms with E-state index in [2.05, 4.69) is 5.32 Å². The number of carbonyl (C=O) groups excluding carboxylic acids is 1. The predicted molar refractivity (Wildman–Crippen MR) is 98.0 cm³/mol. The number of para-hydroxylation sites is 1. The normalized spacial score (nSPS) is 12.3. The fourth-order valence-electron chi connectivity index (χ4n) is 2.61. The molecule has 0 aliphatic carbocycles. The van der Waals surface area contributed by atoms with Gasteiger partial charge in [-0.25, -0.2) is 17.2 Å². The topological polar surface area (TPSA) is 75.7 Å². The Morgan fingerprint density at radius 1 is 1.19 bits per heavy atom. The van der Waals surface area contributed by atoms with Crippen LogP contribution >= 0.6 is 0 Å². The molecule has 0 fully saturated rings. The number of amides is 1. The lowest BCUT2D eigenvalue weighted by molar-refractivity contribution is -0.122. The highest BCUT2D eigenvalue weighted by molar-refractivity contribution is 7.92. The van der Waals surface area contributed by atoms with Gasteiger partial charge >= 0.3 is 0 Å². The van der Waals surface area contributed by atoms with Crippen LogP contribution in [0.15, 0.2) is 42.5 Å². The zero-order chi connectivity index (χ0) is 20.2. The number of sulfonamides is 1. The van der Waals surface area contributed by atoms with Gasteiger partial charge in [0.05, 0.1) is 19.1 Å². The van der Waals surface area contributed by atoms with Crippen LogP contribution in [0.5, 0.6) is 5.75 Å². The third kappa shape index (κ3) is 4.94. The Balaban J connectivity index is 2.23. The molecular formula is C18H20F2N2O4S. The molecule has 0 aromatic heterocycles. The van der Waals surface area contributed by atoms with Crippen molar-refractivity contribution in [3.63, 3.8) is 0 Å². The number of halogens is 2. The average Bonchev–Trinajstić information content (AvgIpc) is 2.61. The molecule has 2 rings (SSSR count). The molecule has 1 amide bonds. The highest BCUT2D eigenvalue weighted by Crippen LogP contribution is 2.23. The molecule has 1 atom stereocenters. The summed E-state index contributed by atoms with van der Waals surface area (Å²) in [6.45, 7) is 1.47. The van der Waals surface area contributed by atoms with E-state index in [0.29, 0.717) is 11.3 Å². The first-order chi connectivity index (χ1) is 12.6. The van der Waals surface area contributed by atoms with E-state index in [1.165, 1.54) is 14.0 Å². The average molecular weight is 398 g/mol. The molecular weight excluding hydrogens is 378 g/mol. The number of anilines is 1. The predicted octanol–water partition coefficient (Wildman–Crippen LogP) is 2.44. The van der Waals surface area contributed by atoms with Crippen LogP contribution in [-0.2, 0) is 21.4 Å². The van der Waals surface area contributed by atoms with E-state index >= 15 is 0 Å². The Morgan fingerprint density at radius 2 is 1.85 bits per heavy atom. The minimum absolute atomic E-state index is 0.114. The van der Waals surface area contributed by atoms with Crippen molar-refractivity contribution in [1.82, 2.24) is 5.32 Å². The molecule has 27 heavy (non-hydrogen) atoms. The minimum atomic E-state index is -3.93. The lowest BCUT2D eigenvalue weighted by atomic mass is 10.2. The van der Waals surface area contributed by atoms with Gasteiger partial charge in [0, 0.05) is 18.2 Å². The minimum Gasteiger partial charge on any atom is -0.496 e. The van der Waals surface area contributed by atoms with Crippen LogP contribution in [0, 0.1) is 11.6 Å². The van der Waals surface area contributed by atoms with Gasteiger partial charge in [0.1, 0.15) is 11.8 Å². The molecule has 0 aliphatic heterocycles. The molecule has 2 aromatic rings. The first-order valence-electron chi connectivity index (χ1n) is 7.99. The first-order valence-corrected chi connectivity index (χ1v) is 9.84. The first kappa shape index (κ1) is 20.6. The summed E-state index contributed by atoms with van der Waals surface area (Å²) in [5, 5.41) is 2.63. The molecule has 1 N–H and O–H groups in total. The Bertz CT molecular complexity index is 935. The highest BCUT2D eigenvalue weighted by atomic mass is 32.2. The fraction of sp³-hybridized carbons (Fsp3) is 0.278. The summed E-state index contributed by atoms with van der Waals surface area (Å²) < 4.78 is 57.0. The summed E-state index contributed by atoms with van der Waals surface area (Å²) >= 11 is 0. The van der Waals surface area contributed by atoms with Crippen molar-refractivity contribution in [3.05, 3.63) is 59.7 Å². The molecule has 0 heterocycles. The Labute approximate surface area is 156 Å². The number of methoxy groups -OCH3 is 1. The van der Waals surface area contributed by atoms with E-state index in [4.69, 9.17) is 4.74 Å². The molecule has 6 nitrogen and oxygen atoms in total. The van der Waals surface area contributed by atoms with Crippen LogP contribution in [0.2, 0.25) is 0 Å². The van der Waals surface area contributed by atoms with Gasteiger partial charge in [0.15, 0.2) is 11.6 Å². The maximum Gasteiger partial charge on any atom is 0.243 e. The van der Waals surface area contributed by atoms with Crippen molar-refractivity contribution in [2.24, 2.45) is 0 Å². The van der Waals surface area contributed by atoms with Gasteiger partial charge in [-0.3, -0.25) is 9.10 Å². The number of ether oxygens (including phenoxy) is 1. The molecule has 0 saturated heterocycles. The number of nitrogens with zero attached hydrogens (tertiary/aromatic N) is 1. The van der Waals surface area contributed by atoms with Crippen molar-refractivity contribution in [3.8, 4) is 5.75 Å². The van der Waals surface area contributed by atoms with Crippen LogP contribution in [0.4, 0.5) is 14.5 Å². The molecule has 2 aromatic carbocycles. The van der Waals surface area contributed by atoms with Crippen molar-refractivity contribution >= 4 is 21.6 Å². The van der Waals surface area contributed by atoms with Gasteiger partial charge in [0.25, 0.3) is 0 Å². The summed E-state index contributed by atoms with van der Waals surface area (Å²) in [5.41, 5.74) is 0.565. The van der Waals surface area contributed by atoms with Crippen molar-refractivity contribution in [2.75, 3.05) is 17.7 Å². The van der Waals surface area contributed by atoms with Gasteiger partial charge in [-0.2, -0.15) is 0 Å². The van der Waals surface area contributed by atoms with Crippen LogP contribution < -0.4 is 14.4 Å². The van der Waals surface area contributed by atoms with Gasteiger partial charge in [-0.15, -0.1) is 0 Å². The van der Waals surface area contributed by atoms with E-state index in [-0.39, 0.29) is 12.2 Å². The van der Waals surface area contributed by atoms with E-state index in [0.717, 1.165) is 28.8 Å². The second-order valence-corrected chi connectivity index (χ2v) is 7.72. The maximum absolute atomic E-state index is 13.5. The second kappa shape index (κ2) is 8.34. The molecule has 0 aliphatic rings. The number of rotatable bonds is 7. The molecule has 0 bridgehead atoms. The molecule has 9 heteroatoms. The highest BCUT2D eigenvalue weighted by Gasteiger charge is 2.29. The number of carbonyl (C=O) groups is 1. The third-order valence-corrected chi connectivity index (χ3v) is 5.13. The third-order valence-electron chi connectivity index (χ3n) is 3.89. The van der Waals surface area contributed by atoms with Crippen LogP contribution in [0.25, 0.3) is 0 Å². The zero-order valence-corrected chi connectivity index (χ0v) is 15.9. The summed E-state index contributed by atoms with van der Waals surface area (Å²) in [6.07, 6.45) is 0.887. The van der Waals surface area contributed by atoms with Gasteiger partial charge < -0.3 is 10.1 Å². The smallest absolute Gasteiger partial charge is 0.243 e. The summed E-state index contributed by atoms with van der Waals surface area (Å²) in [7, 11) is -2.43. The molecule has 146 valence electrons. The maximum atomic E-state index is 13.5. The van der Waals surface area contributed by atoms with Crippen LogP contribution in [-0.4, -0.2) is 33.7 Å². The SMILES string of the molecule is COc1ccccc1CNC(=O)[C@@H](C)N(c1ccc(F)c(F)c1)S(C)(=O)=O. The van der Waals surface area contributed by atoms with Gasteiger partial charge in [-0.05, 0) is 25.1 Å². The molecule has 0 saturated carbocycles. The van der Waals surface area contributed by atoms with Crippen molar-refractivity contribution < 1.29 is 26.7 Å². The molecule has 0 radical (unpaired) electrons. The Hall–Kier alpha value is -2.68. The largest absolute Gasteiger partial charge is 0.496 e. The standard InChI is InChI=1S/C18H20F2N2O4S/c1-12(18(23)21-11-13-6-4-5-7-17(13)26-2)22(27(3,24)25)14-8-9-15(19)16(20)10-14/h4-10,12H,11H2,1-3H3,(H,21,23)/t12-/m1/s1. The quantitative estimate of drug-likeness (QED) is 0.777. The Kier molecular flexibility index (Phi) is 6.37. The second-order valence-electron chi connectivity index (χ2n) is 5.86. The van der Waals surface area contributed by atoms with Gasteiger partial charge in [0.2, 0.25) is 15.9 Å². The van der Waals surface area contributed by atoms with Crippen molar-refractivity contribution in [2.45, 2.75) is 19.5 Å². The lowest BCUT2D eigenvalue weighted by Crippen LogP contribution is -2.47. The van der Waals surface area contributed by atoms with E-state index in [1.807, 2.05) is 0 Å². The van der Waals surface area contributed by atoms with Crippen molar-refractivity contribution in [1.29, 1.82) is 0 Å². The number of hydrogen-bond donors (Lipinski definition) is 1. The monoisotopic (exact) mass is 398 g/mol.